The van der Waals surface area contributed by atoms with Gasteiger partial charge in [-0.1, -0.05) is 12.1 Å². The summed E-state index contributed by atoms with van der Waals surface area (Å²) in [5.74, 6) is -0.665. The lowest BCUT2D eigenvalue weighted by atomic mass is 9.90. The van der Waals surface area contributed by atoms with Crippen molar-refractivity contribution in [2.45, 2.75) is 23.7 Å². The predicted molar refractivity (Wildman–Crippen MR) is 110 cm³/mol. The topological polar surface area (TPSA) is 113 Å². The minimum Gasteiger partial charge on any atom is -0.497 e. The Bertz CT molecular complexity index is 1010. The van der Waals surface area contributed by atoms with Crippen LogP contribution >= 0.6 is 0 Å². The van der Waals surface area contributed by atoms with Gasteiger partial charge in [-0.25, -0.2) is 8.42 Å². The summed E-state index contributed by atoms with van der Waals surface area (Å²) in [4.78, 5) is 22.5. The van der Waals surface area contributed by atoms with E-state index < -0.39 is 28.4 Å². The number of methoxy groups -OCH3 is 1. The maximum atomic E-state index is 13.0. The van der Waals surface area contributed by atoms with E-state index in [2.05, 4.69) is 5.32 Å². The minimum atomic E-state index is -3.67. The average molecular weight is 432 g/mol. The number of piperidine rings is 1. The van der Waals surface area contributed by atoms with Crippen molar-refractivity contribution < 1.29 is 27.9 Å². The van der Waals surface area contributed by atoms with E-state index in [1.165, 1.54) is 28.6 Å². The second-order valence-corrected chi connectivity index (χ2v) is 8.99. The highest BCUT2D eigenvalue weighted by Gasteiger charge is 2.30. The third kappa shape index (κ3) is 4.98. The van der Waals surface area contributed by atoms with E-state index in [1.54, 1.807) is 7.11 Å². The molecule has 3 rings (SSSR count). The summed E-state index contributed by atoms with van der Waals surface area (Å²) in [6, 6.07) is 13.4. The first-order valence-electron chi connectivity index (χ1n) is 9.55. The summed E-state index contributed by atoms with van der Waals surface area (Å²) in [7, 11) is -2.05. The predicted octanol–water partition coefficient (Wildman–Crippen LogP) is 2.08. The van der Waals surface area contributed by atoms with Crippen LogP contribution in [0.2, 0.25) is 0 Å². The van der Waals surface area contributed by atoms with Crippen molar-refractivity contribution in [2.75, 3.05) is 26.7 Å². The van der Waals surface area contributed by atoms with Gasteiger partial charge in [0.05, 0.1) is 12.0 Å². The molecule has 1 aliphatic rings. The number of carboxylic acid groups (broad SMARTS) is 1. The van der Waals surface area contributed by atoms with Gasteiger partial charge in [0.15, 0.2) is 0 Å². The van der Waals surface area contributed by atoms with Crippen molar-refractivity contribution in [3.63, 3.8) is 0 Å². The van der Waals surface area contributed by atoms with Crippen LogP contribution < -0.4 is 10.1 Å². The van der Waals surface area contributed by atoms with Gasteiger partial charge in [0, 0.05) is 18.7 Å². The molecule has 8 nitrogen and oxygen atoms in total. The van der Waals surface area contributed by atoms with Crippen molar-refractivity contribution in [3.8, 4) is 5.75 Å². The van der Waals surface area contributed by atoms with Gasteiger partial charge in [-0.05, 0) is 60.7 Å². The molecule has 0 bridgehead atoms. The van der Waals surface area contributed by atoms with Crippen LogP contribution in [0.4, 0.5) is 0 Å². The number of rotatable bonds is 7. The van der Waals surface area contributed by atoms with Crippen molar-refractivity contribution in [1.29, 1.82) is 0 Å². The number of nitrogens with one attached hydrogen (secondary N) is 1. The zero-order chi connectivity index (χ0) is 21.7. The number of carboxylic acids is 1. The molecule has 160 valence electrons. The molecule has 0 unspecified atom stereocenters. The second kappa shape index (κ2) is 9.27. The van der Waals surface area contributed by atoms with Crippen molar-refractivity contribution in [1.82, 2.24) is 9.62 Å². The molecule has 1 aliphatic heterocycles. The Hall–Kier alpha value is -2.91. The lowest BCUT2D eigenvalue weighted by Gasteiger charge is -2.31. The Balaban J connectivity index is 1.65. The van der Waals surface area contributed by atoms with Gasteiger partial charge in [0.25, 0.3) is 5.91 Å². The summed E-state index contributed by atoms with van der Waals surface area (Å²) in [5, 5.41) is 10.9. The zero-order valence-corrected chi connectivity index (χ0v) is 17.4. The fourth-order valence-electron chi connectivity index (χ4n) is 3.51. The number of amides is 1. The van der Waals surface area contributed by atoms with E-state index in [9.17, 15) is 18.0 Å². The van der Waals surface area contributed by atoms with Gasteiger partial charge in [-0.2, -0.15) is 4.31 Å². The molecule has 1 heterocycles. The molecule has 30 heavy (non-hydrogen) atoms. The molecule has 2 aromatic rings. The first kappa shape index (κ1) is 21.8. The molecule has 0 aliphatic carbocycles. The molecule has 2 aromatic carbocycles. The maximum Gasteiger partial charge on any atom is 0.322 e. The van der Waals surface area contributed by atoms with E-state index in [4.69, 9.17) is 9.84 Å². The highest BCUT2D eigenvalue weighted by molar-refractivity contribution is 7.89. The monoisotopic (exact) mass is 432 g/mol. The molecule has 0 aromatic heterocycles. The smallest absolute Gasteiger partial charge is 0.322 e. The highest BCUT2D eigenvalue weighted by Crippen LogP contribution is 2.32. The second-order valence-electron chi connectivity index (χ2n) is 7.06. The third-order valence-electron chi connectivity index (χ3n) is 5.17. The Kier molecular flexibility index (Phi) is 6.73. The number of carbonyl (C=O) groups is 2. The number of nitrogens with zero attached hydrogens (tertiary/aromatic N) is 1. The van der Waals surface area contributed by atoms with Crippen LogP contribution in [0.3, 0.4) is 0 Å². The number of aliphatic carboxylic acids is 1. The lowest BCUT2D eigenvalue weighted by Crippen LogP contribution is -2.37. The van der Waals surface area contributed by atoms with E-state index in [-0.39, 0.29) is 16.4 Å². The Morgan fingerprint density at radius 2 is 1.80 bits per heavy atom. The zero-order valence-electron chi connectivity index (χ0n) is 16.6. The summed E-state index contributed by atoms with van der Waals surface area (Å²) >= 11 is 0. The first-order chi connectivity index (χ1) is 14.3. The van der Waals surface area contributed by atoms with Crippen molar-refractivity contribution in [3.05, 3.63) is 59.7 Å². The summed E-state index contributed by atoms with van der Waals surface area (Å²) in [6.07, 6.45) is 1.42. The third-order valence-corrected chi connectivity index (χ3v) is 7.09. The molecular formula is C21H24N2O6S. The quantitative estimate of drug-likeness (QED) is 0.693. The summed E-state index contributed by atoms with van der Waals surface area (Å²) in [5.41, 5.74) is 1.34. The fourth-order valence-corrected chi connectivity index (χ4v) is 4.98. The highest BCUT2D eigenvalue weighted by atomic mass is 32.2. The Morgan fingerprint density at radius 1 is 1.13 bits per heavy atom. The number of hydrogen-bond donors (Lipinski definition) is 2. The first-order valence-corrected chi connectivity index (χ1v) is 11.0. The molecule has 0 radical (unpaired) electrons. The van der Waals surface area contributed by atoms with E-state index in [1.807, 2.05) is 24.3 Å². The summed E-state index contributed by atoms with van der Waals surface area (Å²) in [6.45, 7) is 0.317. The number of benzene rings is 2. The van der Waals surface area contributed by atoms with E-state index >= 15 is 0 Å². The Morgan fingerprint density at radius 3 is 2.40 bits per heavy atom. The number of carbonyl (C=O) groups excluding carboxylic acids is 1. The number of hydrogen-bond acceptors (Lipinski definition) is 5. The summed E-state index contributed by atoms with van der Waals surface area (Å²) < 4.78 is 32.6. The van der Waals surface area contributed by atoms with Crippen LogP contribution in [0.5, 0.6) is 5.75 Å². The van der Waals surface area contributed by atoms with Crippen molar-refractivity contribution in [2.24, 2.45) is 0 Å². The number of sulfonamides is 1. The van der Waals surface area contributed by atoms with Gasteiger partial charge in [-0.3, -0.25) is 9.59 Å². The van der Waals surface area contributed by atoms with Crippen LogP contribution in [0.15, 0.2) is 53.4 Å². The SMILES string of the molecule is COc1cccc(C2CCN(S(=O)(=O)c3ccc(C(=O)NCC(=O)O)cc3)CC2)c1. The molecule has 1 saturated heterocycles. The van der Waals surface area contributed by atoms with Crippen LogP contribution in [0.25, 0.3) is 0 Å². The molecular weight excluding hydrogens is 408 g/mol. The minimum absolute atomic E-state index is 0.108. The molecule has 0 saturated carbocycles. The molecule has 1 amide bonds. The van der Waals surface area contributed by atoms with Gasteiger partial charge in [0.2, 0.25) is 10.0 Å². The average Bonchev–Trinajstić information content (AvgIpc) is 2.77. The molecule has 0 spiro atoms. The van der Waals surface area contributed by atoms with Crippen molar-refractivity contribution >= 4 is 21.9 Å². The molecule has 0 atom stereocenters. The molecule has 9 heteroatoms. The largest absolute Gasteiger partial charge is 0.497 e. The van der Waals surface area contributed by atoms with Crippen LogP contribution in [0.1, 0.15) is 34.7 Å². The normalized spacial score (nSPS) is 15.5. The van der Waals surface area contributed by atoms with Gasteiger partial charge in [-0.15, -0.1) is 0 Å². The fraction of sp³-hybridized carbons (Fsp3) is 0.333. The van der Waals surface area contributed by atoms with Gasteiger partial charge >= 0.3 is 5.97 Å². The number of ether oxygens (including phenoxy) is 1. The van der Waals surface area contributed by atoms with E-state index in [0.29, 0.717) is 25.9 Å². The van der Waals surface area contributed by atoms with E-state index in [0.717, 1.165) is 11.3 Å². The lowest BCUT2D eigenvalue weighted by molar-refractivity contribution is -0.135. The molecule has 1 fully saturated rings. The van der Waals surface area contributed by atoms with Crippen LogP contribution in [-0.4, -0.2) is 56.5 Å². The maximum absolute atomic E-state index is 13.0. The van der Waals surface area contributed by atoms with Crippen LogP contribution in [-0.2, 0) is 14.8 Å². The molecule has 2 N–H and O–H groups in total. The van der Waals surface area contributed by atoms with Crippen LogP contribution in [0, 0.1) is 0 Å². The Labute approximate surface area is 175 Å². The van der Waals surface area contributed by atoms with Gasteiger partial charge in [0.1, 0.15) is 12.3 Å². The van der Waals surface area contributed by atoms with Gasteiger partial charge < -0.3 is 15.2 Å². The standard InChI is InChI=1S/C21H24N2O6S/c1-29-18-4-2-3-17(13-18)15-9-11-23(12-10-15)30(27,28)19-7-5-16(6-8-19)21(26)22-14-20(24)25/h2-8,13,15H,9-12,14H2,1H3,(H,22,26)(H,24,25).